The fourth-order valence-corrected chi connectivity index (χ4v) is 3.13. The third-order valence-electron chi connectivity index (χ3n) is 4.54. The first-order chi connectivity index (χ1) is 12.1. The average molecular weight is 336 g/mol. The molecule has 5 nitrogen and oxygen atoms in total. The molecule has 25 heavy (non-hydrogen) atoms. The van der Waals surface area contributed by atoms with E-state index in [2.05, 4.69) is 15.5 Å². The van der Waals surface area contributed by atoms with E-state index in [4.69, 9.17) is 0 Å². The second kappa shape index (κ2) is 6.12. The Labute approximate surface area is 144 Å². The van der Waals surface area contributed by atoms with Crippen molar-refractivity contribution >= 4 is 11.6 Å². The molecule has 1 aromatic heterocycles. The average Bonchev–Trinajstić information content (AvgIpc) is 3.31. The van der Waals surface area contributed by atoms with Crippen LogP contribution in [-0.4, -0.2) is 20.7 Å². The van der Waals surface area contributed by atoms with Crippen molar-refractivity contribution in [3.05, 3.63) is 66.2 Å². The molecule has 2 aromatic carbocycles. The van der Waals surface area contributed by atoms with Crippen LogP contribution >= 0.6 is 0 Å². The molecule has 0 saturated heterocycles. The van der Waals surface area contributed by atoms with Gasteiger partial charge in [0, 0.05) is 18.5 Å². The van der Waals surface area contributed by atoms with E-state index in [1.54, 1.807) is 17.0 Å². The molecular weight excluding hydrogens is 319 g/mol. The lowest BCUT2D eigenvalue weighted by Crippen LogP contribution is -2.15. The number of amides is 1. The van der Waals surface area contributed by atoms with E-state index in [0.29, 0.717) is 11.5 Å². The molecule has 1 amide bonds. The number of nitrogens with zero attached hydrogens (tertiary/aromatic N) is 3. The summed E-state index contributed by atoms with van der Waals surface area (Å²) in [7, 11) is 1.86. The topological polar surface area (TPSA) is 59.8 Å². The van der Waals surface area contributed by atoms with E-state index in [1.807, 2.05) is 37.4 Å². The second-order valence-corrected chi connectivity index (χ2v) is 6.30. The Bertz CT molecular complexity index is 936. The monoisotopic (exact) mass is 336 g/mol. The van der Waals surface area contributed by atoms with Gasteiger partial charge in [-0.15, -0.1) is 10.2 Å². The minimum absolute atomic E-state index is 0.0520. The first-order valence-electron chi connectivity index (χ1n) is 8.13. The van der Waals surface area contributed by atoms with E-state index < -0.39 is 0 Å². The molecule has 1 aliphatic rings. The van der Waals surface area contributed by atoms with Gasteiger partial charge in [-0.2, -0.15) is 0 Å². The van der Waals surface area contributed by atoms with Gasteiger partial charge in [-0.1, -0.05) is 24.3 Å². The van der Waals surface area contributed by atoms with E-state index in [1.165, 1.54) is 12.1 Å². The molecule has 6 heteroatoms. The number of rotatable bonds is 4. The van der Waals surface area contributed by atoms with E-state index >= 15 is 0 Å². The molecule has 1 fully saturated rings. The third-order valence-corrected chi connectivity index (χ3v) is 4.54. The Morgan fingerprint density at radius 1 is 1.24 bits per heavy atom. The standard InChI is InChI=1S/C19H17FN4O/c1-24-11-21-23-18(24)14-7-2-3-8-17(14)22-19(25)16-10-15(16)12-5-4-6-13(20)9-12/h2-9,11,15-16H,10H2,1H3,(H,22,25)/t15-,16+/m0/s1. The van der Waals surface area contributed by atoms with Crippen molar-refractivity contribution in [2.45, 2.75) is 12.3 Å². The van der Waals surface area contributed by atoms with Crippen molar-refractivity contribution in [2.24, 2.45) is 13.0 Å². The Balaban J connectivity index is 1.52. The number of carbonyl (C=O) groups excluding carboxylic acids is 1. The predicted molar refractivity (Wildman–Crippen MR) is 92.3 cm³/mol. The molecule has 1 N–H and O–H groups in total. The van der Waals surface area contributed by atoms with Crippen LogP contribution in [0.15, 0.2) is 54.9 Å². The summed E-state index contributed by atoms with van der Waals surface area (Å²) in [6.45, 7) is 0. The third kappa shape index (κ3) is 3.03. The van der Waals surface area contributed by atoms with Gasteiger partial charge in [0.05, 0.1) is 5.69 Å². The van der Waals surface area contributed by atoms with Crippen LogP contribution in [0.1, 0.15) is 17.9 Å². The van der Waals surface area contributed by atoms with Crippen LogP contribution in [0.3, 0.4) is 0 Å². The fourth-order valence-electron chi connectivity index (χ4n) is 3.13. The Morgan fingerprint density at radius 2 is 2.08 bits per heavy atom. The highest BCUT2D eigenvalue weighted by molar-refractivity contribution is 5.98. The van der Waals surface area contributed by atoms with Gasteiger partial charge in [0.2, 0.25) is 5.91 Å². The minimum Gasteiger partial charge on any atom is -0.325 e. The number of halogens is 1. The lowest BCUT2D eigenvalue weighted by Gasteiger charge is -2.10. The molecule has 0 aliphatic heterocycles. The molecule has 0 unspecified atom stereocenters. The van der Waals surface area contributed by atoms with Gasteiger partial charge in [0.15, 0.2) is 5.82 Å². The summed E-state index contributed by atoms with van der Waals surface area (Å²) in [4.78, 5) is 12.6. The SMILES string of the molecule is Cn1cnnc1-c1ccccc1NC(=O)[C@@H]1C[C@H]1c1cccc(F)c1. The Hall–Kier alpha value is -3.02. The van der Waals surface area contributed by atoms with E-state index in [9.17, 15) is 9.18 Å². The highest BCUT2D eigenvalue weighted by Gasteiger charge is 2.44. The molecule has 0 radical (unpaired) electrons. The van der Waals surface area contributed by atoms with Gasteiger partial charge in [-0.3, -0.25) is 4.79 Å². The summed E-state index contributed by atoms with van der Waals surface area (Å²) in [5.41, 5.74) is 2.40. The summed E-state index contributed by atoms with van der Waals surface area (Å²) in [6, 6.07) is 14.0. The van der Waals surface area contributed by atoms with Gasteiger partial charge in [0.25, 0.3) is 0 Å². The maximum Gasteiger partial charge on any atom is 0.228 e. The van der Waals surface area contributed by atoms with Crippen LogP contribution < -0.4 is 5.32 Å². The normalized spacial score (nSPS) is 18.8. The summed E-state index contributed by atoms with van der Waals surface area (Å²) in [5, 5.41) is 11.0. The lowest BCUT2D eigenvalue weighted by atomic mass is 10.1. The minimum atomic E-state index is -0.267. The van der Waals surface area contributed by atoms with Crippen LogP contribution in [0.2, 0.25) is 0 Å². The van der Waals surface area contributed by atoms with Gasteiger partial charge in [-0.05, 0) is 42.2 Å². The molecule has 4 rings (SSSR count). The van der Waals surface area contributed by atoms with Crippen molar-refractivity contribution < 1.29 is 9.18 Å². The maximum absolute atomic E-state index is 13.4. The molecule has 2 atom stereocenters. The largest absolute Gasteiger partial charge is 0.325 e. The van der Waals surface area contributed by atoms with Gasteiger partial charge in [0.1, 0.15) is 12.1 Å². The predicted octanol–water partition coefficient (Wildman–Crippen LogP) is 3.36. The highest BCUT2D eigenvalue weighted by Crippen LogP contribution is 2.48. The van der Waals surface area contributed by atoms with Crippen molar-refractivity contribution in [1.29, 1.82) is 0 Å². The van der Waals surface area contributed by atoms with Crippen LogP contribution in [-0.2, 0) is 11.8 Å². The van der Waals surface area contributed by atoms with Crippen molar-refractivity contribution in [1.82, 2.24) is 14.8 Å². The number of aromatic nitrogens is 3. The molecule has 1 saturated carbocycles. The first-order valence-corrected chi connectivity index (χ1v) is 8.13. The second-order valence-electron chi connectivity index (χ2n) is 6.30. The van der Waals surface area contributed by atoms with Crippen LogP contribution in [0.25, 0.3) is 11.4 Å². The van der Waals surface area contributed by atoms with Crippen LogP contribution in [0.5, 0.6) is 0 Å². The quantitative estimate of drug-likeness (QED) is 0.795. The molecule has 126 valence electrons. The fraction of sp³-hybridized carbons (Fsp3) is 0.211. The van der Waals surface area contributed by atoms with Crippen molar-refractivity contribution in [3.63, 3.8) is 0 Å². The lowest BCUT2D eigenvalue weighted by molar-refractivity contribution is -0.117. The number of benzene rings is 2. The van der Waals surface area contributed by atoms with Gasteiger partial charge < -0.3 is 9.88 Å². The molecular formula is C19H17FN4O. The Morgan fingerprint density at radius 3 is 2.84 bits per heavy atom. The maximum atomic E-state index is 13.4. The molecule has 1 aliphatic carbocycles. The summed E-state index contributed by atoms with van der Waals surface area (Å²) >= 11 is 0. The zero-order valence-corrected chi connectivity index (χ0v) is 13.7. The van der Waals surface area contributed by atoms with Crippen LogP contribution in [0.4, 0.5) is 10.1 Å². The number of para-hydroxylation sites is 1. The van der Waals surface area contributed by atoms with Gasteiger partial charge in [-0.25, -0.2) is 4.39 Å². The Kier molecular flexibility index (Phi) is 3.80. The van der Waals surface area contributed by atoms with Crippen LogP contribution in [0, 0.1) is 11.7 Å². The number of nitrogens with one attached hydrogen (secondary N) is 1. The smallest absolute Gasteiger partial charge is 0.228 e. The summed E-state index contributed by atoms with van der Waals surface area (Å²) in [6.07, 6.45) is 2.36. The summed E-state index contributed by atoms with van der Waals surface area (Å²) in [5.74, 6) is 0.320. The molecule has 0 spiro atoms. The number of carbonyl (C=O) groups is 1. The summed E-state index contributed by atoms with van der Waals surface area (Å²) < 4.78 is 15.2. The number of hydrogen-bond acceptors (Lipinski definition) is 3. The zero-order valence-electron chi connectivity index (χ0n) is 13.7. The van der Waals surface area contributed by atoms with E-state index in [0.717, 1.165) is 17.5 Å². The molecule has 1 heterocycles. The first kappa shape index (κ1) is 15.5. The number of anilines is 1. The van der Waals surface area contributed by atoms with Crippen molar-refractivity contribution in [3.8, 4) is 11.4 Å². The zero-order chi connectivity index (χ0) is 17.4. The van der Waals surface area contributed by atoms with Crippen molar-refractivity contribution in [2.75, 3.05) is 5.32 Å². The highest BCUT2D eigenvalue weighted by atomic mass is 19.1. The van der Waals surface area contributed by atoms with E-state index in [-0.39, 0.29) is 23.6 Å². The number of aryl methyl sites for hydroxylation is 1. The molecule has 0 bridgehead atoms. The van der Waals surface area contributed by atoms with Gasteiger partial charge >= 0.3 is 0 Å². The molecule has 3 aromatic rings. The number of hydrogen-bond donors (Lipinski definition) is 1.